The molecule has 2 aromatic rings. The highest BCUT2D eigenvalue weighted by atomic mass is 32.1. The second-order valence-corrected chi connectivity index (χ2v) is 7.49. The van der Waals surface area contributed by atoms with Crippen molar-refractivity contribution in [2.75, 3.05) is 6.54 Å². The van der Waals surface area contributed by atoms with Crippen molar-refractivity contribution in [3.8, 4) is 10.6 Å². The van der Waals surface area contributed by atoms with Gasteiger partial charge in [0.05, 0.1) is 17.0 Å². The normalized spacial score (nSPS) is 11.6. The van der Waals surface area contributed by atoms with Crippen LogP contribution in [-0.2, 0) is 7.05 Å². The van der Waals surface area contributed by atoms with E-state index in [1.807, 2.05) is 27.7 Å². The lowest BCUT2D eigenvalue weighted by molar-refractivity contribution is 0.0919. The molecule has 0 aliphatic carbocycles. The molecule has 3 N–H and O–H groups in total. The van der Waals surface area contributed by atoms with Crippen molar-refractivity contribution in [2.45, 2.75) is 40.2 Å². The SMILES string of the molecule is Cc1nc(-c2c(C)c(C)nn(C)c2=O)sc1C(=O)NC(C)(C)CN. The van der Waals surface area contributed by atoms with Gasteiger partial charge in [-0.3, -0.25) is 9.59 Å². The highest BCUT2D eigenvalue weighted by Gasteiger charge is 2.24. The molecule has 2 rings (SSSR count). The van der Waals surface area contributed by atoms with Crippen molar-refractivity contribution in [1.82, 2.24) is 20.1 Å². The van der Waals surface area contributed by atoms with E-state index >= 15 is 0 Å². The van der Waals surface area contributed by atoms with Gasteiger partial charge in [-0.15, -0.1) is 11.3 Å². The minimum Gasteiger partial charge on any atom is -0.345 e. The van der Waals surface area contributed by atoms with E-state index in [0.29, 0.717) is 27.7 Å². The average Bonchev–Trinajstić information content (AvgIpc) is 2.87. The van der Waals surface area contributed by atoms with E-state index < -0.39 is 5.54 Å². The summed E-state index contributed by atoms with van der Waals surface area (Å²) in [7, 11) is 1.61. The quantitative estimate of drug-likeness (QED) is 0.866. The Morgan fingerprint density at radius 3 is 2.50 bits per heavy atom. The molecule has 0 unspecified atom stereocenters. The molecular formula is C16H23N5O2S. The average molecular weight is 349 g/mol. The maximum Gasteiger partial charge on any atom is 0.277 e. The third-order valence-electron chi connectivity index (χ3n) is 3.90. The van der Waals surface area contributed by atoms with Gasteiger partial charge in [-0.2, -0.15) is 5.10 Å². The van der Waals surface area contributed by atoms with Crippen LogP contribution in [0.15, 0.2) is 4.79 Å². The van der Waals surface area contributed by atoms with E-state index in [-0.39, 0.29) is 11.5 Å². The molecule has 0 spiro atoms. The van der Waals surface area contributed by atoms with E-state index in [9.17, 15) is 9.59 Å². The number of hydrogen-bond acceptors (Lipinski definition) is 6. The van der Waals surface area contributed by atoms with Gasteiger partial charge in [0.15, 0.2) is 0 Å². The highest BCUT2D eigenvalue weighted by Crippen LogP contribution is 2.28. The Morgan fingerprint density at radius 2 is 1.92 bits per heavy atom. The number of nitrogens with one attached hydrogen (secondary N) is 1. The fraction of sp³-hybridized carbons (Fsp3) is 0.500. The van der Waals surface area contributed by atoms with Crippen LogP contribution < -0.4 is 16.6 Å². The number of carbonyl (C=O) groups is 1. The third kappa shape index (κ3) is 3.39. The first-order valence-corrected chi connectivity index (χ1v) is 8.44. The lowest BCUT2D eigenvalue weighted by atomic mass is 10.1. The van der Waals surface area contributed by atoms with Gasteiger partial charge in [-0.25, -0.2) is 9.67 Å². The number of hydrogen-bond donors (Lipinski definition) is 2. The van der Waals surface area contributed by atoms with Crippen LogP contribution in [0.25, 0.3) is 10.6 Å². The van der Waals surface area contributed by atoms with Crippen LogP contribution in [0.3, 0.4) is 0 Å². The molecule has 0 bridgehead atoms. The zero-order valence-corrected chi connectivity index (χ0v) is 15.7. The topological polar surface area (TPSA) is 103 Å². The van der Waals surface area contributed by atoms with Crippen molar-refractivity contribution < 1.29 is 4.79 Å². The minimum atomic E-state index is -0.507. The summed E-state index contributed by atoms with van der Waals surface area (Å²) >= 11 is 1.21. The van der Waals surface area contributed by atoms with Crippen LogP contribution in [-0.4, -0.2) is 32.8 Å². The molecule has 0 saturated carbocycles. The van der Waals surface area contributed by atoms with Crippen LogP contribution in [0.1, 0.15) is 40.5 Å². The Hall–Kier alpha value is -2.06. The van der Waals surface area contributed by atoms with E-state index in [2.05, 4.69) is 15.4 Å². The molecule has 0 aromatic carbocycles. The number of thiazole rings is 1. The molecule has 7 nitrogen and oxygen atoms in total. The zero-order valence-electron chi connectivity index (χ0n) is 14.9. The molecule has 130 valence electrons. The van der Waals surface area contributed by atoms with Crippen molar-refractivity contribution in [3.05, 3.63) is 32.2 Å². The molecule has 1 amide bonds. The summed E-state index contributed by atoms with van der Waals surface area (Å²) in [5.41, 5.74) is 7.56. The Bertz CT molecular complexity index is 851. The molecule has 0 atom stereocenters. The number of rotatable bonds is 4. The van der Waals surface area contributed by atoms with Crippen LogP contribution in [0.5, 0.6) is 0 Å². The van der Waals surface area contributed by atoms with E-state index in [1.54, 1.807) is 14.0 Å². The second kappa shape index (κ2) is 6.45. The second-order valence-electron chi connectivity index (χ2n) is 6.49. The third-order valence-corrected chi connectivity index (χ3v) is 5.08. The highest BCUT2D eigenvalue weighted by molar-refractivity contribution is 7.17. The van der Waals surface area contributed by atoms with Gasteiger partial charge in [-0.1, -0.05) is 0 Å². The van der Waals surface area contributed by atoms with E-state index in [4.69, 9.17) is 5.73 Å². The number of nitrogens with two attached hydrogens (primary N) is 1. The summed E-state index contributed by atoms with van der Waals surface area (Å²) in [6.45, 7) is 9.48. The van der Waals surface area contributed by atoms with Crippen molar-refractivity contribution in [1.29, 1.82) is 0 Å². The van der Waals surface area contributed by atoms with Gasteiger partial charge in [-0.05, 0) is 40.2 Å². The fourth-order valence-corrected chi connectivity index (χ4v) is 3.29. The first kappa shape index (κ1) is 18.3. The molecule has 2 heterocycles. The van der Waals surface area contributed by atoms with Crippen molar-refractivity contribution in [3.63, 3.8) is 0 Å². The summed E-state index contributed by atoms with van der Waals surface area (Å²) in [4.78, 5) is 29.9. The maximum atomic E-state index is 12.5. The largest absolute Gasteiger partial charge is 0.345 e. The van der Waals surface area contributed by atoms with Crippen LogP contribution in [0.2, 0.25) is 0 Å². The summed E-state index contributed by atoms with van der Waals surface area (Å²) < 4.78 is 1.30. The molecule has 24 heavy (non-hydrogen) atoms. The maximum absolute atomic E-state index is 12.5. The molecule has 0 saturated heterocycles. The number of nitrogens with zero attached hydrogens (tertiary/aromatic N) is 3. The molecule has 0 aliphatic heterocycles. The van der Waals surface area contributed by atoms with Gasteiger partial charge in [0.2, 0.25) is 0 Å². The zero-order chi connectivity index (χ0) is 18.2. The van der Waals surface area contributed by atoms with Crippen molar-refractivity contribution >= 4 is 17.2 Å². The summed E-state index contributed by atoms with van der Waals surface area (Å²) in [5, 5.41) is 7.60. The van der Waals surface area contributed by atoms with E-state index in [1.165, 1.54) is 16.0 Å². The Kier molecular flexibility index (Phi) is 4.91. The lowest BCUT2D eigenvalue weighted by Crippen LogP contribution is -2.48. The fourth-order valence-electron chi connectivity index (χ4n) is 2.23. The predicted octanol–water partition coefficient (Wildman–Crippen LogP) is 1.30. The predicted molar refractivity (Wildman–Crippen MR) is 95.4 cm³/mol. The Labute approximate surface area is 144 Å². The van der Waals surface area contributed by atoms with E-state index in [0.717, 1.165) is 11.3 Å². The summed E-state index contributed by atoms with van der Waals surface area (Å²) in [5.74, 6) is -0.230. The first-order valence-electron chi connectivity index (χ1n) is 7.62. The van der Waals surface area contributed by atoms with Crippen LogP contribution >= 0.6 is 11.3 Å². The molecule has 8 heteroatoms. The molecular weight excluding hydrogens is 326 g/mol. The first-order chi connectivity index (χ1) is 11.1. The van der Waals surface area contributed by atoms with Crippen LogP contribution in [0.4, 0.5) is 0 Å². The molecule has 2 aromatic heterocycles. The number of aromatic nitrogens is 3. The molecule has 0 radical (unpaired) electrons. The molecule has 0 fully saturated rings. The number of carbonyl (C=O) groups excluding carboxylic acids is 1. The number of aryl methyl sites for hydroxylation is 3. The summed E-state index contributed by atoms with van der Waals surface area (Å²) in [6, 6.07) is 0. The molecule has 0 aliphatic rings. The standard InChI is InChI=1S/C16H23N5O2S/c1-8-9(2)20-21(6)15(23)11(8)14-18-10(3)12(24-14)13(22)19-16(4,5)7-17/h7,17H2,1-6H3,(H,19,22). The number of amides is 1. The van der Waals surface area contributed by atoms with Gasteiger partial charge in [0, 0.05) is 19.1 Å². The van der Waals surface area contributed by atoms with Gasteiger partial charge < -0.3 is 11.1 Å². The monoisotopic (exact) mass is 349 g/mol. The van der Waals surface area contributed by atoms with Crippen molar-refractivity contribution in [2.24, 2.45) is 12.8 Å². The Morgan fingerprint density at radius 1 is 1.29 bits per heavy atom. The summed E-state index contributed by atoms with van der Waals surface area (Å²) in [6.07, 6.45) is 0. The van der Waals surface area contributed by atoms with Gasteiger partial charge in [0.25, 0.3) is 11.5 Å². The lowest BCUT2D eigenvalue weighted by Gasteiger charge is -2.23. The Balaban J connectivity index is 2.51. The van der Waals surface area contributed by atoms with Gasteiger partial charge in [0.1, 0.15) is 9.88 Å². The minimum absolute atomic E-state index is 0.221. The smallest absolute Gasteiger partial charge is 0.277 e. The van der Waals surface area contributed by atoms with Gasteiger partial charge >= 0.3 is 0 Å². The van der Waals surface area contributed by atoms with Crippen LogP contribution in [0, 0.1) is 20.8 Å².